The summed E-state index contributed by atoms with van der Waals surface area (Å²) < 4.78 is 5.52. The van der Waals surface area contributed by atoms with Gasteiger partial charge in [-0.2, -0.15) is 0 Å². The fourth-order valence-corrected chi connectivity index (χ4v) is 2.98. The molecule has 0 aromatic heterocycles. The van der Waals surface area contributed by atoms with Crippen molar-refractivity contribution < 1.29 is 19.4 Å². The van der Waals surface area contributed by atoms with Crippen LogP contribution in [0.2, 0.25) is 0 Å². The van der Waals surface area contributed by atoms with E-state index in [4.69, 9.17) is 4.74 Å². The molecule has 124 valence electrons. The number of aliphatic hydroxyl groups is 1. The van der Waals surface area contributed by atoms with Crippen LogP contribution in [0.15, 0.2) is 24.3 Å². The molecule has 1 aromatic rings. The molecule has 2 aliphatic rings. The van der Waals surface area contributed by atoms with Gasteiger partial charge in [-0.05, 0) is 50.3 Å². The number of amides is 3. The summed E-state index contributed by atoms with van der Waals surface area (Å²) in [5, 5.41) is 12.9. The van der Waals surface area contributed by atoms with Crippen molar-refractivity contribution in [3.63, 3.8) is 0 Å². The summed E-state index contributed by atoms with van der Waals surface area (Å²) in [7, 11) is 0. The number of imide groups is 1. The number of β-amino-alcohol motifs (C(OH)–C–C–N with tert-alkyl or cyclic N) is 1. The van der Waals surface area contributed by atoms with Crippen molar-refractivity contribution in [1.82, 2.24) is 10.2 Å². The Morgan fingerprint density at radius 1 is 1.43 bits per heavy atom. The van der Waals surface area contributed by atoms with Crippen molar-refractivity contribution in [2.24, 2.45) is 5.92 Å². The van der Waals surface area contributed by atoms with E-state index >= 15 is 0 Å². The zero-order chi connectivity index (χ0) is 16.6. The highest BCUT2D eigenvalue weighted by Gasteiger charge is 2.56. The number of aryl methyl sites for hydroxylation is 1. The van der Waals surface area contributed by atoms with Crippen LogP contribution in [0.5, 0.6) is 5.75 Å². The second-order valence-corrected chi connectivity index (χ2v) is 6.60. The molecule has 3 rings (SSSR count). The summed E-state index contributed by atoms with van der Waals surface area (Å²) in [6.45, 7) is 3.69. The van der Waals surface area contributed by atoms with Gasteiger partial charge in [0.15, 0.2) is 0 Å². The average Bonchev–Trinajstić information content (AvgIpc) is 3.32. The Morgan fingerprint density at radius 2 is 2.17 bits per heavy atom. The maximum Gasteiger partial charge on any atom is 0.325 e. The van der Waals surface area contributed by atoms with E-state index < -0.39 is 17.7 Å². The van der Waals surface area contributed by atoms with Gasteiger partial charge in [-0.15, -0.1) is 0 Å². The molecule has 6 nitrogen and oxygen atoms in total. The molecule has 0 bridgehead atoms. The minimum absolute atomic E-state index is 0.0284. The largest absolute Gasteiger partial charge is 0.491 e. The van der Waals surface area contributed by atoms with Crippen molar-refractivity contribution in [2.45, 2.75) is 38.3 Å². The van der Waals surface area contributed by atoms with E-state index in [0.717, 1.165) is 23.3 Å². The lowest BCUT2D eigenvalue weighted by Crippen LogP contribution is -2.46. The van der Waals surface area contributed by atoms with Gasteiger partial charge in [-0.25, -0.2) is 4.79 Å². The van der Waals surface area contributed by atoms with Crippen LogP contribution < -0.4 is 10.1 Å². The third-order valence-corrected chi connectivity index (χ3v) is 4.52. The van der Waals surface area contributed by atoms with Gasteiger partial charge in [-0.3, -0.25) is 9.69 Å². The number of carbonyl (C=O) groups is 2. The van der Waals surface area contributed by atoms with Gasteiger partial charge in [0.05, 0.1) is 6.54 Å². The van der Waals surface area contributed by atoms with Crippen LogP contribution in [0.3, 0.4) is 0 Å². The molecule has 2 atom stereocenters. The fraction of sp³-hybridized carbons (Fsp3) is 0.529. The number of ether oxygens (including phenoxy) is 1. The van der Waals surface area contributed by atoms with Crippen molar-refractivity contribution >= 4 is 11.9 Å². The van der Waals surface area contributed by atoms with Crippen molar-refractivity contribution in [1.29, 1.82) is 0 Å². The summed E-state index contributed by atoms with van der Waals surface area (Å²) >= 11 is 0. The van der Waals surface area contributed by atoms with Gasteiger partial charge in [0.2, 0.25) is 0 Å². The Bertz CT molecular complexity index is 629. The summed E-state index contributed by atoms with van der Waals surface area (Å²) in [6, 6.07) is 7.06. The third kappa shape index (κ3) is 3.17. The maximum atomic E-state index is 12.5. The first-order valence-corrected chi connectivity index (χ1v) is 7.92. The molecule has 2 N–H and O–H groups in total. The first kappa shape index (κ1) is 15.8. The predicted molar refractivity (Wildman–Crippen MR) is 84.1 cm³/mol. The van der Waals surface area contributed by atoms with Crippen LogP contribution >= 0.6 is 0 Å². The number of aliphatic hydroxyl groups excluding tert-OH is 1. The monoisotopic (exact) mass is 318 g/mol. The lowest BCUT2D eigenvalue weighted by Gasteiger charge is -2.22. The number of nitrogens with zero attached hydrogens (tertiary/aromatic N) is 1. The Balaban J connectivity index is 1.56. The number of hydrogen-bond donors (Lipinski definition) is 2. The minimum atomic E-state index is -0.924. The van der Waals surface area contributed by atoms with Crippen molar-refractivity contribution in [2.75, 3.05) is 13.2 Å². The predicted octanol–water partition coefficient (Wildman–Crippen LogP) is 1.46. The Kier molecular flexibility index (Phi) is 4.02. The molecular formula is C17H22N2O4. The first-order valence-electron chi connectivity index (χ1n) is 7.92. The molecule has 3 amide bonds. The summed E-state index contributed by atoms with van der Waals surface area (Å²) in [5.74, 6) is 0.619. The quantitative estimate of drug-likeness (QED) is 0.778. The second kappa shape index (κ2) is 5.85. The van der Waals surface area contributed by atoms with E-state index in [1.807, 2.05) is 25.1 Å². The number of hydrogen-bond acceptors (Lipinski definition) is 4. The third-order valence-electron chi connectivity index (χ3n) is 4.52. The number of nitrogens with one attached hydrogen (secondary N) is 1. The Morgan fingerprint density at radius 3 is 2.83 bits per heavy atom. The maximum absolute atomic E-state index is 12.5. The van der Waals surface area contributed by atoms with Crippen LogP contribution in [-0.2, 0) is 4.79 Å². The highest BCUT2D eigenvalue weighted by Crippen LogP contribution is 2.42. The summed E-state index contributed by atoms with van der Waals surface area (Å²) in [4.78, 5) is 25.6. The molecule has 0 radical (unpaired) electrons. The standard InChI is InChI=1S/C17H22N2O4/c1-11-4-3-5-14(8-11)23-10-13(20)9-19-15(21)17(2,12-6-7-12)18-16(19)22/h3-5,8,12-13,20H,6-7,9-10H2,1-2H3,(H,18,22). The highest BCUT2D eigenvalue weighted by atomic mass is 16.5. The molecule has 2 fully saturated rings. The van der Waals surface area contributed by atoms with Crippen LogP contribution in [-0.4, -0.2) is 46.7 Å². The average molecular weight is 318 g/mol. The van der Waals surface area contributed by atoms with Gasteiger partial charge < -0.3 is 15.2 Å². The number of urea groups is 1. The molecule has 1 aromatic carbocycles. The lowest BCUT2D eigenvalue weighted by molar-refractivity contribution is -0.132. The van der Waals surface area contributed by atoms with E-state index in [1.165, 1.54) is 0 Å². The second-order valence-electron chi connectivity index (χ2n) is 6.60. The van der Waals surface area contributed by atoms with Gasteiger partial charge in [0.25, 0.3) is 5.91 Å². The molecule has 2 unspecified atom stereocenters. The highest BCUT2D eigenvalue weighted by molar-refractivity contribution is 6.07. The Hall–Kier alpha value is -2.08. The number of carbonyl (C=O) groups excluding carboxylic acids is 2. The van der Waals surface area contributed by atoms with E-state index in [2.05, 4.69) is 5.32 Å². The van der Waals surface area contributed by atoms with E-state index in [9.17, 15) is 14.7 Å². The smallest absolute Gasteiger partial charge is 0.325 e. The fourth-order valence-electron chi connectivity index (χ4n) is 2.98. The van der Waals surface area contributed by atoms with Gasteiger partial charge in [0.1, 0.15) is 24.0 Å². The van der Waals surface area contributed by atoms with Crippen LogP contribution in [0.25, 0.3) is 0 Å². The summed E-state index contributed by atoms with van der Waals surface area (Å²) in [6.07, 6.45) is 0.983. The van der Waals surface area contributed by atoms with Crippen LogP contribution in [0, 0.1) is 12.8 Å². The van der Waals surface area contributed by atoms with Crippen molar-refractivity contribution in [3.8, 4) is 5.75 Å². The molecule has 1 aliphatic carbocycles. The van der Waals surface area contributed by atoms with E-state index in [1.54, 1.807) is 13.0 Å². The molecular weight excluding hydrogens is 296 g/mol. The lowest BCUT2D eigenvalue weighted by atomic mass is 9.96. The van der Waals surface area contributed by atoms with E-state index in [0.29, 0.717) is 5.75 Å². The zero-order valence-electron chi connectivity index (χ0n) is 13.4. The van der Waals surface area contributed by atoms with Gasteiger partial charge in [0, 0.05) is 0 Å². The van der Waals surface area contributed by atoms with E-state index in [-0.39, 0.29) is 25.0 Å². The Labute approximate surface area is 135 Å². The molecule has 1 aliphatic heterocycles. The van der Waals surface area contributed by atoms with Crippen LogP contribution in [0.4, 0.5) is 4.79 Å². The number of rotatable bonds is 6. The molecule has 6 heteroatoms. The molecule has 23 heavy (non-hydrogen) atoms. The van der Waals surface area contributed by atoms with Crippen molar-refractivity contribution in [3.05, 3.63) is 29.8 Å². The minimum Gasteiger partial charge on any atom is -0.491 e. The SMILES string of the molecule is Cc1cccc(OCC(O)CN2C(=O)NC(C)(C3CC3)C2=O)c1. The molecule has 1 heterocycles. The summed E-state index contributed by atoms with van der Waals surface area (Å²) in [5.41, 5.74) is 0.250. The molecule has 1 saturated carbocycles. The normalized spacial score (nSPS) is 25.4. The molecule has 1 saturated heterocycles. The zero-order valence-corrected chi connectivity index (χ0v) is 13.4. The first-order chi connectivity index (χ1) is 10.9. The van der Waals surface area contributed by atoms with Gasteiger partial charge in [-0.1, -0.05) is 12.1 Å². The topological polar surface area (TPSA) is 78.9 Å². The van der Waals surface area contributed by atoms with Gasteiger partial charge >= 0.3 is 6.03 Å². The van der Waals surface area contributed by atoms with Crippen LogP contribution in [0.1, 0.15) is 25.3 Å². The number of benzene rings is 1. The molecule has 0 spiro atoms.